The van der Waals surface area contributed by atoms with Crippen molar-refractivity contribution in [1.82, 2.24) is 0 Å². The van der Waals surface area contributed by atoms with Crippen molar-refractivity contribution in [3.8, 4) is 0 Å². The van der Waals surface area contributed by atoms with Crippen molar-refractivity contribution >= 4 is 8.80 Å². The smallest absolute Gasteiger partial charge is 0.374 e. The largest absolute Gasteiger partial charge is 0.549 e. The Hall–Kier alpha value is 0.0169. The molecule has 0 heterocycles. The van der Waals surface area contributed by atoms with Crippen LogP contribution in [0, 0.1) is 0 Å². The van der Waals surface area contributed by atoms with Crippen molar-refractivity contribution in [2.45, 2.75) is 38.5 Å². The summed E-state index contributed by atoms with van der Waals surface area (Å²) in [5, 5.41) is -1.01. The summed E-state index contributed by atoms with van der Waals surface area (Å²) in [6.07, 6.45) is 3.24. The molecule has 2 N–H and O–H groups in total. The Kier molecular flexibility index (Phi) is 7.37. The molecule has 0 fully saturated rings. The van der Waals surface area contributed by atoms with Crippen LogP contribution in [0.2, 0.25) is 0 Å². The van der Waals surface area contributed by atoms with E-state index >= 15 is 0 Å². The Labute approximate surface area is 99.6 Å². The molecule has 0 spiro atoms. The first-order valence-electron chi connectivity index (χ1n) is 5.58. The zero-order chi connectivity index (χ0) is 12.7. The van der Waals surface area contributed by atoms with Crippen molar-refractivity contribution < 1.29 is 18.0 Å². The summed E-state index contributed by atoms with van der Waals surface area (Å²) < 4.78 is 21.5. The maximum atomic E-state index is 6.07. The molecule has 0 aliphatic carbocycles. The number of rotatable bonds is 9. The molecule has 0 saturated heterocycles. The predicted molar refractivity (Wildman–Crippen MR) is 64.9 cm³/mol. The third-order valence-corrected chi connectivity index (χ3v) is 5.54. The summed E-state index contributed by atoms with van der Waals surface area (Å²) in [6.45, 7) is 4.47. The number of ether oxygens (including phenoxy) is 1. The molecule has 1 atom stereocenters. The minimum absolute atomic E-state index is 0.589. The van der Waals surface area contributed by atoms with Gasteiger partial charge in [-0.25, -0.2) is 0 Å². The van der Waals surface area contributed by atoms with Crippen molar-refractivity contribution in [3.05, 3.63) is 0 Å². The lowest BCUT2D eigenvalue weighted by atomic mass is 10.3. The standard InChI is InChI=1S/C10H25NO4Si/c1-6-7-8-9-15-10(2,11)16(12-3,13-4)14-5/h6-9,11H2,1-5H3. The van der Waals surface area contributed by atoms with Crippen LogP contribution in [0.1, 0.15) is 33.1 Å². The van der Waals surface area contributed by atoms with E-state index in [1.165, 1.54) is 21.3 Å². The molecule has 0 saturated carbocycles. The Balaban J connectivity index is 4.36. The Morgan fingerprint density at radius 3 is 1.94 bits per heavy atom. The van der Waals surface area contributed by atoms with Gasteiger partial charge in [0.1, 0.15) is 0 Å². The summed E-state index contributed by atoms with van der Waals surface area (Å²) in [4.78, 5) is 0. The highest BCUT2D eigenvalue weighted by atomic mass is 28.4. The molecule has 0 radical (unpaired) electrons. The second kappa shape index (κ2) is 7.36. The molecule has 0 aliphatic heterocycles. The Morgan fingerprint density at radius 2 is 1.56 bits per heavy atom. The highest BCUT2D eigenvalue weighted by Gasteiger charge is 2.56. The molecular formula is C10H25NO4Si. The van der Waals surface area contributed by atoms with E-state index < -0.39 is 14.2 Å². The minimum atomic E-state index is -2.95. The molecule has 0 amide bonds. The summed E-state index contributed by atoms with van der Waals surface area (Å²) in [5.74, 6) is 0. The van der Waals surface area contributed by atoms with Crippen LogP contribution in [0.25, 0.3) is 0 Å². The van der Waals surface area contributed by atoms with Crippen LogP contribution in [-0.4, -0.2) is 42.1 Å². The van der Waals surface area contributed by atoms with Crippen LogP contribution < -0.4 is 5.73 Å². The molecule has 5 nitrogen and oxygen atoms in total. The quantitative estimate of drug-likeness (QED) is 0.380. The second-order valence-corrected chi connectivity index (χ2v) is 7.16. The molecule has 0 aromatic heterocycles. The lowest BCUT2D eigenvalue weighted by Crippen LogP contribution is -2.68. The highest BCUT2D eigenvalue weighted by Crippen LogP contribution is 2.22. The average molecular weight is 251 g/mol. The van der Waals surface area contributed by atoms with E-state index in [4.69, 9.17) is 23.7 Å². The summed E-state index contributed by atoms with van der Waals surface area (Å²) >= 11 is 0. The Morgan fingerprint density at radius 1 is 1.06 bits per heavy atom. The SMILES string of the molecule is CCCCCOC(C)(N)[Si](OC)(OC)OC. The topological polar surface area (TPSA) is 62.9 Å². The van der Waals surface area contributed by atoms with Crippen LogP contribution in [-0.2, 0) is 18.0 Å². The van der Waals surface area contributed by atoms with E-state index in [9.17, 15) is 0 Å². The fourth-order valence-corrected chi connectivity index (χ4v) is 3.58. The number of unbranched alkanes of at least 4 members (excludes halogenated alkanes) is 2. The third-order valence-electron chi connectivity index (χ3n) is 2.56. The normalized spacial score (nSPS) is 16.1. The molecule has 0 aliphatic rings. The average Bonchev–Trinajstić information content (AvgIpc) is 2.27. The van der Waals surface area contributed by atoms with Crippen LogP contribution >= 0.6 is 0 Å². The van der Waals surface area contributed by atoms with Gasteiger partial charge < -0.3 is 23.7 Å². The maximum Gasteiger partial charge on any atom is 0.549 e. The van der Waals surface area contributed by atoms with Crippen molar-refractivity contribution in [2.75, 3.05) is 27.9 Å². The van der Waals surface area contributed by atoms with E-state index in [2.05, 4.69) is 6.92 Å². The lowest BCUT2D eigenvalue weighted by Gasteiger charge is -2.37. The van der Waals surface area contributed by atoms with Crippen LogP contribution in [0.5, 0.6) is 0 Å². The van der Waals surface area contributed by atoms with Gasteiger partial charge in [-0.05, 0) is 13.3 Å². The molecule has 0 rings (SSSR count). The fraction of sp³-hybridized carbons (Fsp3) is 1.00. The van der Waals surface area contributed by atoms with Gasteiger partial charge in [0.2, 0.25) is 0 Å². The highest BCUT2D eigenvalue weighted by molar-refractivity contribution is 6.63. The van der Waals surface area contributed by atoms with Gasteiger partial charge in [-0.2, -0.15) is 0 Å². The molecule has 1 unspecified atom stereocenters. The van der Waals surface area contributed by atoms with Gasteiger partial charge in [-0.15, -0.1) is 0 Å². The second-order valence-electron chi connectivity index (χ2n) is 3.83. The van der Waals surface area contributed by atoms with Crippen LogP contribution in [0.3, 0.4) is 0 Å². The van der Waals surface area contributed by atoms with Gasteiger partial charge in [0.15, 0.2) is 5.35 Å². The van der Waals surface area contributed by atoms with E-state index in [1.54, 1.807) is 6.92 Å². The first-order valence-corrected chi connectivity index (χ1v) is 7.30. The molecule has 16 heavy (non-hydrogen) atoms. The first-order chi connectivity index (χ1) is 7.49. The fourth-order valence-electron chi connectivity index (χ4n) is 1.58. The van der Waals surface area contributed by atoms with E-state index in [0.29, 0.717) is 6.61 Å². The van der Waals surface area contributed by atoms with Gasteiger partial charge in [-0.1, -0.05) is 19.8 Å². The molecule has 98 valence electrons. The summed E-state index contributed by atoms with van der Waals surface area (Å²) in [7, 11) is 1.63. The third kappa shape index (κ3) is 3.79. The summed E-state index contributed by atoms with van der Waals surface area (Å²) in [6, 6.07) is 0. The van der Waals surface area contributed by atoms with Crippen molar-refractivity contribution in [3.63, 3.8) is 0 Å². The van der Waals surface area contributed by atoms with E-state index in [-0.39, 0.29) is 0 Å². The number of hydrogen-bond donors (Lipinski definition) is 1. The number of nitrogens with two attached hydrogens (primary N) is 1. The molecule has 0 aromatic carbocycles. The monoisotopic (exact) mass is 251 g/mol. The summed E-state index contributed by atoms with van der Waals surface area (Å²) in [5.41, 5.74) is 6.07. The van der Waals surface area contributed by atoms with E-state index in [0.717, 1.165) is 19.3 Å². The van der Waals surface area contributed by atoms with Crippen LogP contribution in [0.15, 0.2) is 0 Å². The van der Waals surface area contributed by atoms with Crippen molar-refractivity contribution in [2.24, 2.45) is 5.73 Å². The zero-order valence-corrected chi connectivity index (χ0v) is 12.0. The molecular weight excluding hydrogens is 226 g/mol. The van der Waals surface area contributed by atoms with Crippen LogP contribution in [0.4, 0.5) is 0 Å². The Bertz CT molecular complexity index is 177. The lowest BCUT2D eigenvalue weighted by molar-refractivity contribution is -0.0449. The molecule has 0 bridgehead atoms. The van der Waals surface area contributed by atoms with Gasteiger partial charge in [0, 0.05) is 27.9 Å². The van der Waals surface area contributed by atoms with Gasteiger partial charge in [0.05, 0.1) is 0 Å². The predicted octanol–water partition coefficient (Wildman–Crippen LogP) is 1.29. The van der Waals surface area contributed by atoms with Gasteiger partial charge in [-0.3, -0.25) is 0 Å². The minimum Gasteiger partial charge on any atom is -0.374 e. The van der Waals surface area contributed by atoms with E-state index in [1.807, 2.05) is 0 Å². The first kappa shape index (κ1) is 16.0. The van der Waals surface area contributed by atoms with Crippen molar-refractivity contribution in [1.29, 1.82) is 0 Å². The zero-order valence-electron chi connectivity index (χ0n) is 11.0. The van der Waals surface area contributed by atoms with Gasteiger partial charge >= 0.3 is 8.80 Å². The maximum absolute atomic E-state index is 6.07. The van der Waals surface area contributed by atoms with Gasteiger partial charge in [0.25, 0.3) is 0 Å². The molecule has 0 aromatic rings. The number of hydrogen-bond acceptors (Lipinski definition) is 5. The molecule has 6 heteroatoms.